The minimum atomic E-state index is -0.817. The van der Waals surface area contributed by atoms with Gasteiger partial charge in [0, 0.05) is 64.3 Å². The van der Waals surface area contributed by atoms with Gasteiger partial charge in [-0.1, -0.05) is 6.07 Å². The highest BCUT2D eigenvalue weighted by atomic mass is 19.2. The molecule has 1 saturated heterocycles. The molecular weight excluding hydrogens is 338 g/mol. The number of hydrogen-bond donors (Lipinski definition) is 1. The maximum atomic E-state index is 13.4. The van der Waals surface area contributed by atoms with E-state index < -0.39 is 11.6 Å². The highest BCUT2D eigenvalue weighted by Gasteiger charge is 2.26. The van der Waals surface area contributed by atoms with E-state index in [0.29, 0.717) is 13.0 Å². The third-order valence-electron chi connectivity index (χ3n) is 4.94. The van der Waals surface area contributed by atoms with Crippen LogP contribution in [0.25, 0.3) is 0 Å². The second-order valence-corrected chi connectivity index (χ2v) is 6.81. The van der Waals surface area contributed by atoms with Crippen LogP contribution in [-0.2, 0) is 13.1 Å². The summed E-state index contributed by atoms with van der Waals surface area (Å²) in [5.74, 6) is -1.62. The van der Waals surface area contributed by atoms with E-state index in [9.17, 15) is 13.9 Å². The van der Waals surface area contributed by atoms with Gasteiger partial charge in [-0.25, -0.2) is 8.78 Å². The number of aliphatic hydroxyl groups excluding tert-OH is 1. The summed E-state index contributed by atoms with van der Waals surface area (Å²) < 4.78 is 28.5. The Balaban J connectivity index is 1.52. The summed E-state index contributed by atoms with van der Waals surface area (Å²) in [6, 6.07) is 6.21. The van der Waals surface area contributed by atoms with Gasteiger partial charge in [0.05, 0.1) is 0 Å². The third-order valence-corrected chi connectivity index (χ3v) is 4.94. The first-order valence-corrected chi connectivity index (χ1v) is 9.14. The Labute approximate surface area is 152 Å². The number of rotatable bonds is 8. The zero-order valence-corrected chi connectivity index (χ0v) is 14.9. The Hall–Kier alpha value is -1.83. The quantitative estimate of drug-likeness (QED) is 0.779. The van der Waals surface area contributed by atoms with E-state index in [1.54, 1.807) is 12.3 Å². The summed E-state index contributed by atoms with van der Waals surface area (Å²) in [5, 5.41) is 13.6. The lowest BCUT2D eigenvalue weighted by Gasteiger charge is -2.41. The van der Waals surface area contributed by atoms with E-state index in [1.807, 2.05) is 16.9 Å². The van der Waals surface area contributed by atoms with Gasteiger partial charge in [-0.2, -0.15) is 5.10 Å². The first-order chi connectivity index (χ1) is 12.7. The highest BCUT2D eigenvalue weighted by Crippen LogP contribution is 2.18. The van der Waals surface area contributed by atoms with Crippen LogP contribution in [0.5, 0.6) is 0 Å². The monoisotopic (exact) mass is 364 g/mol. The van der Waals surface area contributed by atoms with Gasteiger partial charge < -0.3 is 10.0 Å². The number of hydrogen-bond acceptors (Lipinski definition) is 4. The van der Waals surface area contributed by atoms with Crippen molar-refractivity contribution < 1.29 is 13.9 Å². The maximum absolute atomic E-state index is 13.4. The van der Waals surface area contributed by atoms with Crippen LogP contribution in [0.2, 0.25) is 0 Å². The molecule has 0 bridgehead atoms. The number of aliphatic hydroxyl groups is 1. The Morgan fingerprint density at radius 2 is 2.04 bits per heavy atom. The SMILES string of the molecule is OCCC1CN(CCCn2cccn2)CCN1Cc1ccc(F)c(F)c1. The predicted molar refractivity (Wildman–Crippen MR) is 95.5 cm³/mol. The lowest BCUT2D eigenvalue weighted by molar-refractivity contribution is 0.0525. The zero-order valence-electron chi connectivity index (χ0n) is 14.9. The standard InChI is InChI=1S/C19H26F2N4O/c20-18-4-3-16(13-19(18)21)14-24-11-10-23(15-17(24)5-12-26)7-2-9-25-8-1-6-22-25/h1,3-4,6,8,13,17,26H,2,5,7,9-12,14-15H2. The normalized spacial score (nSPS) is 19.1. The summed E-state index contributed by atoms with van der Waals surface area (Å²) in [5.41, 5.74) is 0.763. The van der Waals surface area contributed by atoms with E-state index >= 15 is 0 Å². The van der Waals surface area contributed by atoms with Gasteiger partial charge in [-0.05, 0) is 36.6 Å². The van der Waals surface area contributed by atoms with Crippen LogP contribution in [0.4, 0.5) is 8.78 Å². The fourth-order valence-corrected chi connectivity index (χ4v) is 3.55. The first kappa shape index (κ1) is 18.9. The maximum Gasteiger partial charge on any atom is 0.159 e. The largest absolute Gasteiger partial charge is 0.396 e. The van der Waals surface area contributed by atoms with Gasteiger partial charge in [-0.3, -0.25) is 9.58 Å². The molecule has 7 heteroatoms. The average molecular weight is 364 g/mol. The molecule has 1 unspecified atom stereocenters. The fourth-order valence-electron chi connectivity index (χ4n) is 3.55. The fraction of sp³-hybridized carbons (Fsp3) is 0.526. The van der Waals surface area contributed by atoms with Crippen molar-refractivity contribution in [3.8, 4) is 0 Å². The number of nitrogens with zero attached hydrogens (tertiary/aromatic N) is 4. The van der Waals surface area contributed by atoms with Gasteiger partial charge >= 0.3 is 0 Å². The van der Waals surface area contributed by atoms with Crippen LogP contribution >= 0.6 is 0 Å². The van der Waals surface area contributed by atoms with E-state index in [-0.39, 0.29) is 12.6 Å². The van der Waals surface area contributed by atoms with Crippen molar-refractivity contribution in [3.63, 3.8) is 0 Å². The van der Waals surface area contributed by atoms with Crippen molar-refractivity contribution in [1.29, 1.82) is 0 Å². The van der Waals surface area contributed by atoms with Crippen LogP contribution in [0.15, 0.2) is 36.7 Å². The van der Waals surface area contributed by atoms with E-state index in [0.717, 1.165) is 44.7 Å². The molecule has 1 aromatic heterocycles. The molecule has 0 spiro atoms. The van der Waals surface area contributed by atoms with Gasteiger partial charge in [0.1, 0.15) is 0 Å². The topological polar surface area (TPSA) is 44.5 Å². The Morgan fingerprint density at radius 3 is 2.77 bits per heavy atom. The molecule has 0 saturated carbocycles. The van der Waals surface area contributed by atoms with Gasteiger partial charge in [0.15, 0.2) is 11.6 Å². The molecule has 2 aromatic rings. The minimum Gasteiger partial charge on any atom is -0.396 e. The summed E-state index contributed by atoms with van der Waals surface area (Å²) >= 11 is 0. The van der Waals surface area contributed by atoms with E-state index in [2.05, 4.69) is 14.9 Å². The smallest absolute Gasteiger partial charge is 0.159 e. The van der Waals surface area contributed by atoms with Gasteiger partial charge in [0.25, 0.3) is 0 Å². The van der Waals surface area contributed by atoms with Gasteiger partial charge in [-0.15, -0.1) is 0 Å². The minimum absolute atomic E-state index is 0.125. The van der Waals surface area contributed by atoms with Crippen molar-refractivity contribution in [2.24, 2.45) is 0 Å². The first-order valence-electron chi connectivity index (χ1n) is 9.14. The molecule has 1 aliphatic heterocycles. The zero-order chi connectivity index (χ0) is 18.4. The van der Waals surface area contributed by atoms with Crippen molar-refractivity contribution in [2.45, 2.75) is 32.0 Å². The van der Waals surface area contributed by atoms with E-state index in [1.165, 1.54) is 12.1 Å². The lowest BCUT2D eigenvalue weighted by atomic mass is 10.1. The molecule has 1 aliphatic rings. The highest BCUT2D eigenvalue weighted by molar-refractivity contribution is 5.18. The summed E-state index contributed by atoms with van der Waals surface area (Å²) in [6.45, 7) is 5.25. The Bertz CT molecular complexity index is 680. The van der Waals surface area contributed by atoms with Crippen LogP contribution in [0, 0.1) is 11.6 Å². The summed E-state index contributed by atoms with van der Waals surface area (Å²) in [4.78, 5) is 4.67. The molecule has 3 rings (SSSR count). The molecule has 0 amide bonds. The molecule has 26 heavy (non-hydrogen) atoms. The Kier molecular flexibility index (Phi) is 6.71. The van der Waals surface area contributed by atoms with Crippen molar-refractivity contribution in [1.82, 2.24) is 19.6 Å². The van der Waals surface area contributed by atoms with Crippen LogP contribution in [0.1, 0.15) is 18.4 Å². The van der Waals surface area contributed by atoms with Gasteiger partial charge in [0.2, 0.25) is 0 Å². The summed E-state index contributed by atoms with van der Waals surface area (Å²) in [6.07, 6.45) is 5.46. The van der Waals surface area contributed by atoms with Crippen molar-refractivity contribution in [2.75, 3.05) is 32.8 Å². The molecular formula is C19H26F2N4O. The van der Waals surface area contributed by atoms with Crippen LogP contribution < -0.4 is 0 Å². The van der Waals surface area contributed by atoms with E-state index in [4.69, 9.17) is 0 Å². The molecule has 1 atom stereocenters. The number of aryl methyl sites for hydroxylation is 1. The molecule has 1 N–H and O–H groups in total. The second kappa shape index (κ2) is 9.21. The van der Waals surface area contributed by atoms with Crippen molar-refractivity contribution >= 4 is 0 Å². The molecule has 0 radical (unpaired) electrons. The Morgan fingerprint density at radius 1 is 1.15 bits per heavy atom. The molecule has 5 nitrogen and oxygen atoms in total. The van der Waals surface area contributed by atoms with Crippen LogP contribution in [-0.4, -0.2) is 63.5 Å². The number of piperazine rings is 1. The average Bonchev–Trinajstić information content (AvgIpc) is 3.14. The third kappa shape index (κ3) is 5.09. The summed E-state index contributed by atoms with van der Waals surface area (Å²) in [7, 11) is 0. The molecule has 1 aromatic carbocycles. The lowest BCUT2D eigenvalue weighted by Crippen LogP contribution is -2.53. The molecule has 0 aliphatic carbocycles. The number of halogens is 2. The second-order valence-electron chi connectivity index (χ2n) is 6.81. The molecule has 2 heterocycles. The van der Waals surface area contributed by atoms with Crippen molar-refractivity contribution in [3.05, 3.63) is 53.9 Å². The predicted octanol–water partition coefficient (Wildman–Crippen LogP) is 2.12. The molecule has 142 valence electrons. The molecule has 1 fully saturated rings. The van der Waals surface area contributed by atoms with Crippen LogP contribution in [0.3, 0.4) is 0 Å². The number of benzene rings is 1. The number of aromatic nitrogens is 2.